The lowest BCUT2D eigenvalue weighted by molar-refractivity contribution is 0.629. The van der Waals surface area contributed by atoms with E-state index in [1.165, 1.54) is 0 Å². The molecule has 15 heavy (non-hydrogen) atoms. The Kier molecular flexibility index (Phi) is 2.46. The van der Waals surface area contributed by atoms with Crippen molar-refractivity contribution in [1.29, 1.82) is 0 Å². The van der Waals surface area contributed by atoms with Gasteiger partial charge in [0.05, 0.1) is 6.20 Å². The Bertz CT molecular complexity index is 482. The van der Waals surface area contributed by atoms with Crippen LogP contribution in [0.4, 0.5) is 5.82 Å². The van der Waals surface area contributed by atoms with Gasteiger partial charge in [-0.3, -0.25) is 4.40 Å². The summed E-state index contributed by atoms with van der Waals surface area (Å²) in [5, 5.41) is 3.41. The number of aromatic nitrogens is 2. The zero-order valence-corrected chi connectivity index (χ0v) is 10.7. The van der Waals surface area contributed by atoms with Crippen molar-refractivity contribution in [3.05, 3.63) is 29.0 Å². The van der Waals surface area contributed by atoms with E-state index in [-0.39, 0.29) is 5.54 Å². The average Bonchev–Trinajstić information content (AvgIpc) is 2.46. The molecule has 0 spiro atoms. The maximum absolute atomic E-state index is 4.32. The zero-order valence-electron chi connectivity index (χ0n) is 9.08. The quantitative estimate of drug-likeness (QED) is 0.859. The maximum Gasteiger partial charge on any atom is 0.138 e. The molecule has 0 saturated carbocycles. The Hall–Kier alpha value is -1.03. The fourth-order valence-corrected chi connectivity index (χ4v) is 1.77. The Morgan fingerprint density at radius 1 is 1.33 bits per heavy atom. The molecule has 0 aliphatic rings. The van der Waals surface area contributed by atoms with E-state index in [1.54, 1.807) is 0 Å². The summed E-state index contributed by atoms with van der Waals surface area (Å²) in [5.74, 6) is 1.01. The highest BCUT2D eigenvalue weighted by atomic mass is 79.9. The lowest BCUT2D eigenvalue weighted by Crippen LogP contribution is -2.26. The van der Waals surface area contributed by atoms with Crippen LogP contribution in [-0.4, -0.2) is 14.9 Å². The first-order valence-electron chi connectivity index (χ1n) is 4.86. The molecule has 0 unspecified atom stereocenters. The topological polar surface area (TPSA) is 29.3 Å². The summed E-state index contributed by atoms with van der Waals surface area (Å²) >= 11 is 3.45. The van der Waals surface area contributed by atoms with Crippen molar-refractivity contribution in [3.63, 3.8) is 0 Å². The van der Waals surface area contributed by atoms with Crippen LogP contribution in [0, 0.1) is 0 Å². The number of hydrogen-bond acceptors (Lipinski definition) is 2. The summed E-state index contributed by atoms with van der Waals surface area (Å²) in [5.41, 5.74) is 0.989. The van der Waals surface area contributed by atoms with Crippen LogP contribution in [0.25, 0.3) is 5.65 Å². The number of nitrogens with one attached hydrogen (secondary N) is 1. The molecule has 2 aromatic rings. The van der Waals surface area contributed by atoms with Crippen LogP contribution >= 0.6 is 15.9 Å². The molecule has 2 aromatic heterocycles. The van der Waals surface area contributed by atoms with Crippen molar-refractivity contribution >= 4 is 27.4 Å². The van der Waals surface area contributed by atoms with Gasteiger partial charge in [0.15, 0.2) is 0 Å². The van der Waals surface area contributed by atoms with Gasteiger partial charge in [0.1, 0.15) is 11.5 Å². The van der Waals surface area contributed by atoms with Crippen LogP contribution in [-0.2, 0) is 0 Å². The Morgan fingerprint density at radius 3 is 2.73 bits per heavy atom. The summed E-state index contributed by atoms with van der Waals surface area (Å²) in [7, 11) is 0. The highest BCUT2D eigenvalue weighted by molar-refractivity contribution is 9.10. The van der Waals surface area contributed by atoms with Gasteiger partial charge in [0.25, 0.3) is 0 Å². The zero-order chi connectivity index (χ0) is 11.1. The average molecular weight is 268 g/mol. The van der Waals surface area contributed by atoms with E-state index in [0.717, 1.165) is 15.9 Å². The molecule has 0 fully saturated rings. The van der Waals surface area contributed by atoms with E-state index < -0.39 is 0 Å². The second kappa shape index (κ2) is 3.52. The minimum Gasteiger partial charge on any atom is -0.365 e. The third kappa shape index (κ3) is 2.31. The van der Waals surface area contributed by atoms with Gasteiger partial charge in [0.2, 0.25) is 0 Å². The van der Waals surface area contributed by atoms with Crippen LogP contribution in [0.5, 0.6) is 0 Å². The molecule has 3 nitrogen and oxygen atoms in total. The van der Waals surface area contributed by atoms with E-state index in [1.807, 2.05) is 28.9 Å². The van der Waals surface area contributed by atoms with Gasteiger partial charge in [-0.25, -0.2) is 4.98 Å². The summed E-state index contributed by atoms with van der Waals surface area (Å²) in [6.45, 7) is 6.39. The van der Waals surface area contributed by atoms with E-state index in [4.69, 9.17) is 0 Å². The molecular weight excluding hydrogens is 254 g/mol. The normalized spacial score (nSPS) is 12.0. The lowest BCUT2D eigenvalue weighted by atomic mass is 10.1. The molecule has 0 aromatic carbocycles. The van der Waals surface area contributed by atoms with Crippen molar-refractivity contribution in [3.8, 4) is 0 Å². The molecule has 0 aliphatic heterocycles. The Morgan fingerprint density at radius 2 is 2.07 bits per heavy atom. The lowest BCUT2D eigenvalue weighted by Gasteiger charge is -2.21. The molecule has 1 N–H and O–H groups in total. The standard InChI is InChI=1S/C11H14BrN3/c1-11(2,3)14-10-6-13-9-5-4-8(12)7-15(9)10/h4-7,14H,1-3H3. The van der Waals surface area contributed by atoms with Gasteiger partial charge in [-0.05, 0) is 48.8 Å². The van der Waals surface area contributed by atoms with Gasteiger partial charge in [-0.2, -0.15) is 0 Å². The molecule has 80 valence electrons. The number of imidazole rings is 1. The maximum atomic E-state index is 4.32. The minimum absolute atomic E-state index is 0.0400. The SMILES string of the molecule is CC(C)(C)Nc1cnc2ccc(Br)cn12. The van der Waals surface area contributed by atoms with Crippen LogP contribution in [0.3, 0.4) is 0 Å². The van der Waals surface area contributed by atoms with Crippen LogP contribution in [0.15, 0.2) is 29.0 Å². The number of hydrogen-bond donors (Lipinski definition) is 1. The van der Waals surface area contributed by atoms with Gasteiger partial charge in [-0.1, -0.05) is 0 Å². The number of nitrogens with zero attached hydrogens (tertiary/aromatic N) is 2. The minimum atomic E-state index is 0.0400. The molecule has 0 amide bonds. The largest absolute Gasteiger partial charge is 0.365 e. The first-order valence-corrected chi connectivity index (χ1v) is 5.66. The molecule has 0 bridgehead atoms. The van der Waals surface area contributed by atoms with Gasteiger partial charge >= 0.3 is 0 Å². The van der Waals surface area contributed by atoms with Crippen LogP contribution in [0.1, 0.15) is 20.8 Å². The predicted molar refractivity (Wildman–Crippen MR) is 66.3 cm³/mol. The molecule has 0 radical (unpaired) electrons. The third-order valence-electron chi connectivity index (χ3n) is 1.97. The molecular formula is C11H14BrN3. The molecule has 2 heterocycles. The van der Waals surface area contributed by atoms with Crippen molar-refractivity contribution < 1.29 is 0 Å². The summed E-state index contributed by atoms with van der Waals surface area (Å²) in [6, 6.07) is 3.97. The predicted octanol–water partition coefficient (Wildman–Crippen LogP) is 3.31. The highest BCUT2D eigenvalue weighted by Crippen LogP contribution is 2.19. The highest BCUT2D eigenvalue weighted by Gasteiger charge is 2.12. The van der Waals surface area contributed by atoms with Crippen molar-refractivity contribution in [1.82, 2.24) is 9.38 Å². The van der Waals surface area contributed by atoms with E-state index in [9.17, 15) is 0 Å². The van der Waals surface area contributed by atoms with Crippen molar-refractivity contribution in [2.45, 2.75) is 26.3 Å². The number of halogens is 1. The second-order valence-electron chi connectivity index (χ2n) is 4.59. The second-order valence-corrected chi connectivity index (χ2v) is 5.51. The Balaban J connectivity index is 2.48. The number of fused-ring (bicyclic) bond motifs is 1. The number of pyridine rings is 1. The van der Waals surface area contributed by atoms with Crippen LogP contribution < -0.4 is 5.32 Å². The molecule has 0 aliphatic carbocycles. The van der Waals surface area contributed by atoms with E-state index >= 15 is 0 Å². The van der Waals surface area contributed by atoms with E-state index in [0.29, 0.717) is 0 Å². The summed E-state index contributed by atoms with van der Waals surface area (Å²) in [6.07, 6.45) is 3.86. The van der Waals surface area contributed by atoms with Gasteiger partial charge < -0.3 is 5.32 Å². The third-order valence-corrected chi connectivity index (χ3v) is 2.44. The molecule has 2 rings (SSSR count). The van der Waals surface area contributed by atoms with Gasteiger partial charge in [0, 0.05) is 16.2 Å². The molecule has 0 atom stereocenters. The van der Waals surface area contributed by atoms with Crippen molar-refractivity contribution in [2.75, 3.05) is 5.32 Å². The van der Waals surface area contributed by atoms with Gasteiger partial charge in [-0.15, -0.1) is 0 Å². The fraction of sp³-hybridized carbons (Fsp3) is 0.364. The smallest absolute Gasteiger partial charge is 0.138 e. The first-order chi connectivity index (χ1) is 6.96. The fourth-order valence-electron chi connectivity index (χ4n) is 1.43. The number of rotatable bonds is 1. The Labute approximate surface area is 97.6 Å². The molecule has 4 heteroatoms. The van der Waals surface area contributed by atoms with Crippen molar-refractivity contribution in [2.24, 2.45) is 0 Å². The molecule has 0 saturated heterocycles. The summed E-state index contributed by atoms with van der Waals surface area (Å²) < 4.78 is 3.08. The van der Waals surface area contributed by atoms with E-state index in [2.05, 4.69) is 47.0 Å². The monoisotopic (exact) mass is 267 g/mol. The number of anilines is 1. The first kappa shape index (κ1) is 10.5. The van der Waals surface area contributed by atoms with Crippen LogP contribution in [0.2, 0.25) is 0 Å². The summed E-state index contributed by atoms with van der Waals surface area (Å²) in [4.78, 5) is 4.32.